The number of rotatable bonds is 4. The number of para-hydroxylation sites is 1. The lowest BCUT2D eigenvalue weighted by molar-refractivity contribution is -0.123. The van der Waals surface area contributed by atoms with Crippen LogP contribution < -0.4 is 10.1 Å². The Hall–Kier alpha value is -1.03. The maximum atomic E-state index is 11.9. The molecule has 0 heterocycles. The summed E-state index contributed by atoms with van der Waals surface area (Å²) in [6, 6.07) is 7.90. The topological polar surface area (TPSA) is 38.3 Å². The fourth-order valence-corrected chi connectivity index (χ4v) is 2.97. The average Bonchev–Trinajstić information content (AvgIpc) is 2.41. The Morgan fingerprint density at radius 3 is 2.50 bits per heavy atom. The summed E-state index contributed by atoms with van der Waals surface area (Å²) >= 11 is 3.41. The molecule has 3 nitrogen and oxygen atoms in total. The largest absolute Gasteiger partial charge is 0.483 e. The molecule has 0 saturated heterocycles. The Morgan fingerprint density at radius 1 is 1.15 bits per heavy atom. The molecule has 0 atom stereocenters. The lowest BCUT2D eigenvalue weighted by Crippen LogP contribution is -2.38. The van der Waals surface area contributed by atoms with E-state index < -0.39 is 0 Å². The highest BCUT2D eigenvalue weighted by Crippen LogP contribution is 2.23. The van der Waals surface area contributed by atoms with E-state index in [0.717, 1.165) is 17.3 Å². The summed E-state index contributed by atoms with van der Waals surface area (Å²) in [6.07, 6.45) is 8.55. The Labute approximate surface area is 129 Å². The third-order valence-electron chi connectivity index (χ3n) is 3.67. The van der Waals surface area contributed by atoms with E-state index >= 15 is 0 Å². The van der Waals surface area contributed by atoms with Gasteiger partial charge in [-0.2, -0.15) is 0 Å². The van der Waals surface area contributed by atoms with Crippen molar-refractivity contribution in [2.75, 3.05) is 6.61 Å². The summed E-state index contributed by atoms with van der Waals surface area (Å²) in [5.41, 5.74) is 0. The third-order valence-corrected chi connectivity index (χ3v) is 4.32. The van der Waals surface area contributed by atoms with Crippen molar-refractivity contribution < 1.29 is 9.53 Å². The van der Waals surface area contributed by atoms with Gasteiger partial charge in [-0.25, -0.2) is 0 Å². The van der Waals surface area contributed by atoms with E-state index in [-0.39, 0.29) is 12.5 Å². The maximum Gasteiger partial charge on any atom is 0.258 e. The van der Waals surface area contributed by atoms with E-state index in [2.05, 4.69) is 21.2 Å². The summed E-state index contributed by atoms with van der Waals surface area (Å²) < 4.78 is 6.41. The molecule has 1 saturated carbocycles. The van der Waals surface area contributed by atoms with Crippen molar-refractivity contribution in [1.82, 2.24) is 5.32 Å². The predicted molar refractivity (Wildman–Crippen MR) is 83.9 cm³/mol. The smallest absolute Gasteiger partial charge is 0.258 e. The van der Waals surface area contributed by atoms with Crippen LogP contribution in [-0.4, -0.2) is 18.6 Å². The normalized spacial score (nSPS) is 17.1. The predicted octanol–water partition coefficient (Wildman–Crippen LogP) is 4.06. The Bertz CT molecular complexity index is 428. The number of halogens is 1. The van der Waals surface area contributed by atoms with Gasteiger partial charge in [0.2, 0.25) is 0 Å². The zero-order chi connectivity index (χ0) is 14.2. The van der Waals surface area contributed by atoms with Crippen LogP contribution in [0.2, 0.25) is 0 Å². The number of ether oxygens (including phenoxy) is 1. The van der Waals surface area contributed by atoms with Crippen LogP contribution in [0.4, 0.5) is 0 Å². The van der Waals surface area contributed by atoms with Crippen LogP contribution in [0.5, 0.6) is 5.75 Å². The second-order valence-electron chi connectivity index (χ2n) is 5.33. The minimum atomic E-state index is -0.0219. The number of amides is 1. The standard InChI is InChI=1S/C16H22BrNO2/c17-14-10-6-7-11-15(14)20-12-16(19)18-13-8-4-2-1-3-5-9-13/h6-7,10-11,13H,1-5,8-9,12H2,(H,18,19). The SMILES string of the molecule is O=C(COc1ccccc1Br)NC1CCCCCCC1. The van der Waals surface area contributed by atoms with Gasteiger partial charge < -0.3 is 10.1 Å². The summed E-state index contributed by atoms with van der Waals surface area (Å²) in [6.45, 7) is 0.0825. The van der Waals surface area contributed by atoms with Gasteiger partial charge in [-0.05, 0) is 40.9 Å². The molecule has 1 N–H and O–H groups in total. The van der Waals surface area contributed by atoms with Gasteiger partial charge in [-0.1, -0.05) is 44.2 Å². The second-order valence-corrected chi connectivity index (χ2v) is 6.18. The van der Waals surface area contributed by atoms with E-state index in [1.165, 1.54) is 32.1 Å². The highest BCUT2D eigenvalue weighted by Gasteiger charge is 2.14. The monoisotopic (exact) mass is 339 g/mol. The van der Waals surface area contributed by atoms with Gasteiger partial charge in [-0.3, -0.25) is 4.79 Å². The molecule has 2 rings (SSSR count). The number of carbonyl (C=O) groups excluding carboxylic acids is 1. The Morgan fingerprint density at radius 2 is 1.80 bits per heavy atom. The van der Waals surface area contributed by atoms with Crippen molar-refractivity contribution in [3.05, 3.63) is 28.7 Å². The molecule has 110 valence electrons. The van der Waals surface area contributed by atoms with Crippen LogP contribution in [0.25, 0.3) is 0 Å². The number of hydrogen-bond donors (Lipinski definition) is 1. The maximum absolute atomic E-state index is 11.9. The van der Waals surface area contributed by atoms with Crippen molar-refractivity contribution in [2.45, 2.75) is 51.0 Å². The molecule has 1 aliphatic carbocycles. The third kappa shape index (κ3) is 5.16. The average molecular weight is 340 g/mol. The molecule has 1 aromatic rings. The molecule has 0 aliphatic heterocycles. The molecule has 0 spiro atoms. The molecule has 1 fully saturated rings. The van der Waals surface area contributed by atoms with Crippen LogP contribution in [0.3, 0.4) is 0 Å². The molecule has 1 aliphatic rings. The minimum Gasteiger partial charge on any atom is -0.483 e. The molecule has 0 aromatic heterocycles. The highest BCUT2D eigenvalue weighted by atomic mass is 79.9. The number of hydrogen-bond acceptors (Lipinski definition) is 2. The van der Waals surface area contributed by atoms with Crippen molar-refractivity contribution in [1.29, 1.82) is 0 Å². The summed E-state index contributed by atoms with van der Waals surface area (Å²) in [5.74, 6) is 0.687. The van der Waals surface area contributed by atoms with Crippen LogP contribution in [0.1, 0.15) is 44.9 Å². The van der Waals surface area contributed by atoms with Gasteiger partial charge in [-0.15, -0.1) is 0 Å². The first-order valence-corrected chi connectivity index (χ1v) is 8.21. The van der Waals surface area contributed by atoms with E-state index in [0.29, 0.717) is 11.8 Å². The number of carbonyl (C=O) groups is 1. The minimum absolute atomic E-state index is 0.0219. The van der Waals surface area contributed by atoms with Crippen LogP contribution in [0, 0.1) is 0 Å². The summed E-state index contributed by atoms with van der Waals surface area (Å²) in [7, 11) is 0. The summed E-state index contributed by atoms with van der Waals surface area (Å²) in [5, 5.41) is 3.10. The van der Waals surface area contributed by atoms with Crippen LogP contribution in [-0.2, 0) is 4.79 Å². The molecule has 0 radical (unpaired) electrons. The van der Waals surface area contributed by atoms with E-state index in [1.807, 2.05) is 24.3 Å². The number of nitrogens with one attached hydrogen (secondary N) is 1. The first-order valence-electron chi connectivity index (χ1n) is 7.42. The van der Waals surface area contributed by atoms with Crippen LogP contribution in [0.15, 0.2) is 28.7 Å². The molecule has 4 heteroatoms. The molecule has 20 heavy (non-hydrogen) atoms. The van der Waals surface area contributed by atoms with Gasteiger partial charge in [0.05, 0.1) is 4.47 Å². The zero-order valence-corrected chi connectivity index (χ0v) is 13.3. The lowest BCUT2D eigenvalue weighted by Gasteiger charge is -2.21. The van der Waals surface area contributed by atoms with Crippen molar-refractivity contribution in [3.8, 4) is 5.75 Å². The molecule has 1 amide bonds. The quantitative estimate of drug-likeness (QED) is 0.898. The fraction of sp³-hybridized carbons (Fsp3) is 0.562. The van der Waals surface area contributed by atoms with Gasteiger partial charge in [0.15, 0.2) is 6.61 Å². The highest BCUT2D eigenvalue weighted by molar-refractivity contribution is 9.10. The van der Waals surface area contributed by atoms with Gasteiger partial charge in [0.25, 0.3) is 5.91 Å². The van der Waals surface area contributed by atoms with Gasteiger partial charge in [0, 0.05) is 6.04 Å². The summed E-state index contributed by atoms with van der Waals surface area (Å²) in [4.78, 5) is 11.9. The van der Waals surface area contributed by atoms with Crippen molar-refractivity contribution in [2.24, 2.45) is 0 Å². The van der Waals surface area contributed by atoms with E-state index in [9.17, 15) is 4.79 Å². The second kappa shape index (κ2) is 8.30. The van der Waals surface area contributed by atoms with Crippen LogP contribution >= 0.6 is 15.9 Å². The van der Waals surface area contributed by atoms with E-state index in [4.69, 9.17) is 4.74 Å². The fourth-order valence-electron chi connectivity index (χ4n) is 2.57. The van der Waals surface area contributed by atoms with Gasteiger partial charge in [0.1, 0.15) is 5.75 Å². The van der Waals surface area contributed by atoms with E-state index in [1.54, 1.807) is 0 Å². The zero-order valence-electron chi connectivity index (χ0n) is 11.7. The molecular weight excluding hydrogens is 318 g/mol. The Kier molecular flexibility index (Phi) is 6.37. The molecule has 0 unspecified atom stereocenters. The molecule has 1 aromatic carbocycles. The first kappa shape index (κ1) is 15.4. The van der Waals surface area contributed by atoms with Crippen molar-refractivity contribution in [3.63, 3.8) is 0 Å². The van der Waals surface area contributed by atoms with Gasteiger partial charge >= 0.3 is 0 Å². The molecule has 0 bridgehead atoms. The first-order chi connectivity index (χ1) is 9.75. The lowest BCUT2D eigenvalue weighted by atomic mass is 9.97. The van der Waals surface area contributed by atoms with Crippen molar-refractivity contribution >= 4 is 21.8 Å². The number of benzene rings is 1. The molecular formula is C16H22BrNO2. The Balaban J connectivity index is 1.75.